The van der Waals surface area contributed by atoms with Crippen molar-refractivity contribution in [3.05, 3.63) is 29.8 Å². The van der Waals surface area contributed by atoms with Crippen molar-refractivity contribution in [1.82, 2.24) is 10.2 Å². The van der Waals surface area contributed by atoms with Crippen molar-refractivity contribution in [3.63, 3.8) is 0 Å². The van der Waals surface area contributed by atoms with E-state index in [2.05, 4.69) is 29.7 Å². The van der Waals surface area contributed by atoms with Crippen LogP contribution < -0.4 is 10.6 Å². The maximum Gasteiger partial charge on any atom is 0.239 e. The molecule has 1 saturated heterocycles. The third kappa shape index (κ3) is 3.20. The molecule has 5 heteroatoms. The zero-order valence-corrected chi connectivity index (χ0v) is 11.2. The van der Waals surface area contributed by atoms with E-state index in [1.807, 2.05) is 17.0 Å². The second-order valence-corrected chi connectivity index (χ2v) is 4.64. The number of carbonyl (C=O) groups excluding carboxylic acids is 1. The summed E-state index contributed by atoms with van der Waals surface area (Å²) >= 11 is 5.30. The standard InChI is InChI=1S/C13H17N3OS/c1-2-10-3-5-11(6-4-10)15-13(18)16-8-7-14-12(17)9-16/h3-6H,2,7-9H2,1H3,(H,14,17)(H,15,18). The monoisotopic (exact) mass is 263 g/mol. The van der Waals surface area contributed by atoms with Crippen LogP contribution in [0.1, 0.15) is 12.5 Å². The van der Waals surface area contributed by atoms with Crippen LogP contribution in [-0.4, -0.2) is 35.6 Å². The number of amides is 1. The van der Waals surface area contributed by atoms with Crippen molar-refractivity contribution in [2.24, 2.45) is 0 Å². The minimum Gasteiger partial charge on any atom is -0.353 e. The van der Waals surface area contributed by atoms with Crippen LogP contribution in [0, 0.1) is 0 Å². The molecule has 0 saturated carbocycles. The summed E-state index contributed by atoms with van der Waals surface area (Å²) in [6.45, 7) is 3.86. The van der Waals surface area contributed by atoms with Crippen molar-refractivity contribution in [3.8, 4) is 0 Å². The molecule has 1 aliphatic heterocycles. The highest BCUT2D eigenvalue weighted by atomic mass is 32.1. The average Bonchev–Trinajstić information content (AvgIpc) is 2.39. The van der Waals surface area contributed by atoms with Crippen molar-refractivity contribution in [2.45, 2.75) is 13.3 Å². The third-order valence-corrected chi connectivity index (χ3v) is 3.30. The molecule has 0 aliphatic carbocycles. The Kier molecular flexibility index (Phi) is 4.15. The highest BCUT2D eigenvalue weighted by Crippen LogP contribution is 2.11. The third-order valence-electron chi connectivity index (χ3n) is 2.94. The number of rotatable bonds is 2. The topological polar surface area (TPSA) is 44.4 Å². The van der Waals surface area contributed by atoms with Gasteiger partial charge in [0.1, 0.15) is 0 Å². The highest BCUT2D eigenvalue weighted by Gasteiger charge is 2.18. The molecule has 0 spiro atoms. The van der Waals surface area contributed by atoms with E-state index in [4.69, 9.17) is 12.2 Å². The van der Waals surface area contributed by atoms with Crippen LogP contribution in [0.4, 0.5) is 5.69 Å². The number of benzene rings is 1. The van der Waals surface area contributed by atoms with Crippen LogP contribution in [0.3, 0.4) is 0 Å². The van der Waals surface area contributed by atoms with Crippen LogP contribution >= 0.6 is 12.2 Å². The summed E-state index contributed by atoms with van der Waals surface area (Å²) in [6.07, 6.45) is 1.02. The molecule has 0 unspecified atom stereocenters. The SMILES string of the molecule is CCc1ccc(NC(=S)N2CCNC(=O)C2)cc1. The van der Waals surface area contributed by atoms with Crippen LogP contribution in [0.25, 0.3) is 0 Å². The second-order valence-electron chi connectivity index (χ2n) is 4.25. The summed E-state index contributed by atoms with van der Waals surface area (Å²) in [7, 11) is 0. The molecule has 0 atom stereocenters. The van der Waals surface area contributed by atoms with Gasteiger partial charge in [0, 0.05) is 18.8 Å². The minimum absolute atomic E-state index is 0.0201. The van der Waals surface area contributed by atoms with Crippen molar-refractivity contribution in [1.29, 1.82) is 0 Å². The lowest BCUT2D eigenvalue weighted by atomic mass is 10.1. The molecule has 1 heterocycles. The van der Waals surface area contributed by atoms with Gasteiger partial charge in [-0.1, -0.05) is 19.1 Å². The maximum absolute atomic E-state index is 11.3. The number of anilines is 1. The molecule has 0 aromatic heterocycles. The van der Waals surface area contributed by atoms with Crippen LogP contribution in [0.5, 0.6) is 0 Å². The fourth-order valence-corrected chi connectivity index (χ4v) is 2.11. The first kappa shape index (κ1) is 12.8. The summed E-state index contributed by atoms with van der Waals surface area (Å²) in [5, 5.41) is 6.54. The van der Waals surface area contributed by atoms with Crippen LogP contribution in [-0.2, 0) is 11.2 Å². The summed E-state index contributed by atoms with van der Waals surface area (Å²) in [6, 6.07) is 8.17. The number of aryl methyl sites for hydroxylation is 1. The number of thiocarbonyl (C=S) groups is 1. The molecule has 0 radical (unpaired) electrons. The molecule has 4 nitrogen and oxygen atoms in total. The number of carbonyl (C=O) groups is 1. The predicted molar refractivity (Wildman–Crippen MR) is 76.6 cm³/mol. The van der Waals surface area contributed by atoms with Gasteiger partial charge >= 0.3 is 0 Å². The van der Waals surface area contributed by atoms with Gasteiger partial charge in [-0.15, -0.1) is 0 Å². The van der Waals surface area contributed by atoms with Gasteiger partial charge in [0.25, 0.3) is 0 Å². The molecule has 1 aliphatic rings. The summed E-state index contributed by atoms with van der Waals surface area (Å²) in [5.41, 5.74) is 2.26. The number of nitrogens with one attached hydrogen (secondary N) is 2. The Morgan fingerprint density at radius 2 is 2.17 bits per heavy atom. The quantitative estimate of drug-likeness (QED) is 0.791. The smallest absolute Gasteiger partial charge is 0.239 e. The molecule has 2 N–H and O–H groups in total. The van der Waals surface area contributed by atoms with E-state index in [1.165, 1.54) is 5.56 Å². The summed E-state index contributed by atoms with van der Waals surface area (Å²) in [4.78, 5) is 13.2. The zero-order valence-electron chi connectivity index (χ0n) is 10.4. The fourth-order valence-electron chi connectivity index (χ4n) is 1.84. The van der Waals surface area contributed by atoms with E-state index < -0.39 is 0 Å². The van der Waals surface area contributed by atoms with E-state index in [9.17, 15) is 4.79 Å². The summed E-state index contributed by atoms with van der Waals surface area (Å²) in [5.74, 6) is 0.0201. The van der Waals surface area contributed by atoms with Gasteiger partial charge in [-0.3, -0.25) is 4.79 Å². The Balaban J connectivity index is 1.95. The van der Waals surface area contributed by atoms with Crippen LogP contribution in [0.15, 0.2) is 24.3 Å². The normalized spacial score (nSPS) is 15.2. The Labute approximate surface area is 112 Å². The van der Waals surface area contributed by atoms with Gasteiger partial charge in [0.2, 0.25) is 5.91 Å². The molecule has 1 aromatic rings. The minimum atomic E-state index is 0.0201. The highest BCUT2D eigenvalue weighted by molar-refractivity contribution is 7.80. The van der Waals surface area contributed by atoms with Gasteiger partial charge in [0.15, 0.2) is 5.11 Å². The first-order chi connectivity index (χ1) is 8.69. The van der Waals surface area contributed by atoms with E-state index >= 15 is 0 Å². The lowest BCUT2D eigenvalue weighted by Gasteiger charge is -2.29. The Morgan fingerprint density at radius 1 is 1.44 bits per heavy atom. The molecule has 96 valence electrons. The number of piperazine rings is 1. The molecule has 1 amide bonds. The second kappa shape index (κ2) is 5.82. The van der Waals surface area contributed by atoms with Crippen LogP contribution in [0.2, 0.25) is 0 Å². The first-order valence-corrected chi connectivity index (χ1v) is 6.51. The van der Waals surface area contributed by atoms with Gasteiger partial charge in [-0.25, -0.2) is 0 Å². The van der Waals surface area contributed by atoms with E-state index in [1.54, 1.807) is 0 Å². The number of hydrogen-bond acceptors (Lipinski definition) is 2. The molecule has 1 aromatic carbocycles. The van der Waals surface area contributed by atoms with Crippen molar-refractivity contribution >= 4 is 28.9 Å². The largest absolute Gasteiger partial charge is 0.353 e. The molecule has 2 rings (SSSR count). The van der Waals surface area contributed by atoms with Crippen molar-refractivity contribution in [2.75, 3.05) is 25.0 Å². The number of hydrogen-bond donors (Lipinski definition) is 2. The Hall–Kier alpha value is -1.62. The molecule has 0 bridgehead atoms. The summed E-state index contributed by atoms with van der Waals surface area (Å²) < 4.78 is 0. The Morgan fingerprint density at radius 3 is 2.78 bits per heavy atom. The first-order valence-electron chi connectivity index (χ1n) is 6.10. The molecular formula is C13H17N3OS. The van der Waals surface area contributed by atoms with Crippen molar-refractivity contribution < 1.29 is 4.79 Å². The van der Waals surface area contributed by atoms with E-state index in [0.717, 1.165) is 18.7 Å². The zero-order chi connectivity index (χ0) is 13.0. The van der Waals surface area contributed by atoms with E-state index in [0.29, 0.717) is 18.2 Å². The molecular weight excluding hydrogens is 246 g/mol. The molecule has 1 fully saturated rings. The van der Waals surface area contributed by atoms with Gasteiger partial charge in [0.05, 0.1) is 6.54 Å². The maximum atomic E-state index is 11.3. The average molecular weight is 263 g/mol. The van der Waals surface area contributed by atoms with E-state index in [-0.39, 0.29) is 5.91 Å². The van der Waals surface area contributed by atoms with Gasteiger partial charge in [-0.05, 0) is 36.3 Å². The number of nitrogens with zero attached hydrogens (tertiary/aromatic N) is 1. The lowest BCUT2D eigenvalue weighted by Crippen LogP contribution is -2.51. The van der Waals surface area contributed by atoms with Gasteiger partial charge in [-0.2, -0.15) is 0 Å². The lowest BCUT2D eigenvalue weighted by molar-refractivity contribution is -0.122. The fraction of sp³-hybridized carbons (Fsp3) is 0.385. The predicted octanol–water partition coefficient (Wildman–Crippen LogP) is 1.38. The Bertz CT molecular complexity index is 444. The molecule has 18 heavy (non-hydrogen) atoms. The van der Waals surface area contributed by atoms with Gasteiger partial charge < -0.3 is 15.5 Å².